The van der Waals surface area contributed by atoms with E-state index in [1.165, 1.54) is 0 Å². The van der Waals surface area contributed by atoms with E-state index in [4.69, 9.17) is 0 Å². The minimum absolute atomic E-state index is 0.131. The van der Waals surface area contributed by atoms with Gasteiger partial charge in [-0.3, -0.25) is 14.9 Å². The van der Waals surface area contributed by atoms with Crippen molar-refractivity contribution in [2.45, 2.75) is 33.1 Å². The molecule has 0 aliphatic rings. The second-order valence-electron chi connectivity index (χ2n) is 5.46. The molecule has 2 rings (SSSR count). The van der Waals surface area contributed by atoms with Crippen molar-refractivity contribution >= 4 is 11.6 Å². The van der Waals surface area contributed by atoms with Crippen molar-refractivity contribution in [1.82, 2.24) is 20.2 Å². The first-order valence-electron chi connectivity index (χ1n) is 6.02. The smallest absolute Gasteiger partial charge is 0.295 e. The Kier molecular flexibility index (Phi) is 3.33. The molecule has 0 radical (unpaired) electrons. The van der Waals surface area contributed by atoms with Crippen LogP contribution in [0.25, 0.3) is 0 Å². The fourth-order valence-electron chi connectivity index (χ4n) is 1.51. The van der Waals surface area contributed by atoms with Gasteiger partial charge in [0.05, 0.1) is 11.9 Å². The quantitative estimate of drug-likeness (QED) is 0.864. The molecular weight excluding hydrogens is 242 g/mol. The number of aryl methyl sites for hydroxylation is 1. The summed E-state index contributed by atoms with van der Waals surface area (Å²) in [7, 11) is 0. The zero-order valence-corrected chi connectivity index (χ0v) is 11.5. The van der Waals surface area contributed by atoms with Gasteiger partial charge >= 0.3 is 0 Å². The molecule has 0 saturated heterocycles. The zero-order valence-electron chi connectivity index (χ0n) is 11.5. The average molecular weight is 259 g/mol. The first kappa shape index (κ1) is 13.2. The number of carbonyl (C=O) groups is 1. The largest absolute Gasteiger partial charge is 0.318 e. The average Bonchev–Trinajstić information content (AvgIpc) is 2.77. The third kappa shape index (κ3) is 3.15. The Morgan fingerprint density at radius 2 is 2.05 bits per heavy atom. The van der Waals surface area contributed by atoms with Gasteiger partial charge in [0.15, 0.2) is 0 Å². The Morgan fingerprint density at radius 1 is 1.32 bits per heavy atom. The Labute approximate surface area is 111 Å². The molecular formula is C13H17N5O. The number of aromatic amines is 1. The van der Waals surface area contributed by atoms with Crippen LogP contribution in [-0.2, 0) is 5.41 Å². The van der Waals surface area contributed by atoms with Crippen molar-refractivity contribution in [2.75, 3.05) is 5.32 Å². The summed E-state index contributed by atoms with van der Waals surface area (Å²) in [4.78, 5) is 20.2. The summed E-state index contributed by atoms with van der Waals surface area (Å²) in [6.45, 7) is 7.91. The van der Waals surface area contributed by atoms with Gasteiger partial charge in [0, 0.05) is 11.6 Å². The molecule has 2 aromatic heterocycles. The molecule has 0 aliphatic heterocycles. The van der Waals surface area contributed by atoms with Gasteiger partial charge in [-0.2, -0.15) is 0 Å². The lowest BCUT2D eigenvalue weighted by Crippen LogP contribution is -2.16. The van der Waals surface area contributed by atoms with Gasteiger partial charge in [0.2, 0.25) is 5.82 Å². The molecule has 100 valence electrons. The molecule has 0 unspecified atom stereocenters. The van der Waals surface area contributed by atoms with Crippen molar-refractivity contribution < 1.29 is 4.79 Å². The highest BCUT2D eigenvalue weighted by molar-refractivity contribution is 6.01. The van der Waals surface area contributed by atoms with E-state index >= 15 is 0 Å². The van der Waals surface area contributed by atoms with Gasteiger partial charge in [0.25, 0.3) is 5.91 Å². The molecule has 0 spiro atoms. The third-order valence-corrected chi connectivity index (χ3v) is 2.53. The van der Waals surface area contributed by atoms with E-state index in [-0.39, 0.29) is 17.1 Å². The van der Waals surface area contributed by atoms with E-state index in [1.807, 2.05) is 33.8 Å². The van der Waals surface area contributed by atoms with E-state index in [9.17, 15) is 4.79 Å². The van der Waals surface area contributed by atoms with Gasteiger partial charge in [-0.1, -0.05) is 20.8 Å². The Bertz CT molecular complexity index is 597. The van der Waals surface area contributed by atoms with E-state index < -0.39 is 0 Å². The molecule has 0 atom stereocenters. The second kappa shape index (κ2) is 4.79. The van der Waals surface area contributed by atoms with Gasteiger partial charge in [-0.25, -0.2) is 4.98 Å². The van der Waals surface area contributed by atoms with Crippen molar-refractivity contribution in [3.05, 3.63) is 35.7 Å². The maximum absolute atomic E-state index is 12.0. The summed E-state index contributed by atoms with van der Waals surface area (Å²) in [5.41, 5.74) is 1.44. The monoisotopic (exact) mass is 259 g/mol. The molecule has 2 N–H and O–H groups in total. The summed E-state index contributed by atoms with van der Waals surface area (Å²) in [5.74, 6) is 0.464. The highest BCUT2D eigenvalue weighted by Crippen LogP contribution is 2.17. The summed E-state index contributed by atoms with van der Waals surface area (Å²) >= 11 is 0. The molecule has 6 nitrogen and oxygen atoms in total. The number of nitrogens with one attached hydrogen (secondary N) is 2. The number of rotatable bonds is 2. The van der Waals surface area contributed by atoms with Crippen LogP contribution in [0.1, 0.15) is 42.8 Å². The molecule has 2 aromatic rings. The van der Waals surface area contributed by atoms with Crippen LogP contribution in [0.15, 0.2) is 18.5 Å². The van der Waals surface area contributed by atoms with Crippen LogP contribution >= 0.6 is 0 Å². The number of H-pyrrole nitrogens is 1. The Morgan fingerprint density at radius 3 is 2.63 bits per heavy atom. The lowest BCUT2D eigenvalue weighted by Gasteiger charge is -2.12. The third-order valence-electron chi connectivity index (χ3n) is 2.53. The molecule has 0 bridgehead atoms. The normalized spacial score (nSPS) is 11.4. The van der Waals surface area contributed by atoms with Gasteiger partial charge < -0.3 is 5.32 Å². The van der Waals surface area contributed by atoms with E-state index in [2.05, 4.69) is 25.5 Å². The van der Waals surface area contributed by atoms with Gasteiger partial charge in [-0.05, 0) is 18.6 Å². The summed E-state index contributed by atoms with van der Waals surface area (Å²) < 4.78 is 0. The molecule has 0 aliphatic carbocycles. The van der Waals surface area contributed by atoms with Crippen LogP contribution in [0, 0.1) is 6.92 Å². The fraction of sp³-hybridized carbons (Fsp3) is 0.385. The van der Waals surface area contributed by atoms with Gasteiger partial charge in [0.1, 0.15) is 5.82 Å². The minimum Gasteiger partial charge on any atom is -0.318 e. The number of carbonyl (C=O) groups excluding carboxylic acids is 1. The van der Waals surface area contributed by atoms with Crippen LogP contribution in [0.5, 0.6) is 0 Å². The van der Waals surface area contributed by atoms with E-state index in [0.717, 1.165) is 5.56 Å². The topological polar surface area (TPSA) is 83.6 Å². The van der Waals surface area contributed by atoms with Crippen LogP contribution in [0.2, 0.25) is 0 Å². The number of hydrogen-bond donors (Lipinski definition) is 2. The Balaban J connectivity index is 2.14. The van der Waals surface area contributed by atoms with Crippen molar-refractivity contribution in [3.63, 3.8) is 0 Å². The molecule has 2 heterocycles. The van der Waals surface area contributed by atoms with Crippen LogP contribution in [0.3, 0.4) is 0 Å². The molecule has 6 heteroatoms. The second-order valence-corrected chi connectivity index (χ2v) is 5.46. The molecule has 0 aromatic carbocycles. The van der Waals surface area contributed by atoms with Crippen molar-refractivity contribution in [2.24, 2.45) is 0 Å². The van der Waals surface area contributed by atoms with Crippen molar-refractivity contribution in [1.29, 1.82) is 0 Å². The maximum Gasteiger partial charge on any atom is 0.295 e. The van der Waals surface area contributed by atoms with E-state index in [0.29, 0.717) is 11.5 Å². The zero-order chi connectivity index (χ0) is 14.0. The number of nitrogens with zero attached hydrogens (tertiary/aromatic N) is 3. The summed E-state index contributed by atoms with van der Waals surface area (Å²) in [6, 6.07) is 1.84. The first-order valence-corrected chi connectivity index (χ1v) is 6.02. The SMILES string of the molecule is Cc1cncc(NC(=O)c2n[nH]c(C(C)(C)C)n2)c1. The molecule has 19 heavy (non-hydrogen) atoms. The van der Waals surface area contributed by atoms with Gasteiger partial charge in [-0.15, -0.1) is 5.10 Å². The minimum atomic E-state index is -0.348. The molecule has 0 saturated carbocycles. The van der Waals surface area contributed by atoms with Crippen molar-refractivity contribution in [3.8, 4) is 0 Å². The van der Waals surface area contributed by atoms with Crippen LogP contribution in [-0.4, -0.2) is 26.1 Å². The highest BCUT2D eigenvalue weighted by Gasteiger charge is 2.21. The molecule has 1 amide bonds. The maximum atomic E-state index is 12.0. The molecule has 0 fully saturated rings. The summed E-state index contributed by atoms with van der Waals surface area (Å²) in [5, 5.41) is 9.44. The van der Waals surface area contributed by atoms with Crippen LogP contribution < -0.4 is 5.32 Å². The van der Waals surface area contributed by atoms with Crippen LogP contribution in [0.4, 0.5) is 5.69 Å². The predicted octanol–water partition coefficient (Wildman–Crippen LogP) is 2.06. The lowest BCUT2D eigenvalue weighted by atomic mass is 9.96. The Hall–Kier alpha value is -2.24. The van der Waals surface area contributed by atoms with E-state index in [1.54, 1.807) is 12.4 Å². The highest BCUT2D eigenvalue weighted by atomic mass is 16.2. The number of hydrogen-bond acceptors (Lipinski definition) is 4. The predicted molar refractivity (Wildman–Crippen MR) is 72.0 cm³/mol. The number of pyridine rings is 1. The first-order chi connectivity index (χ1) is 8.86. The number of anilines is 1. The number of amides is 1. The number of aromatic nitrogens is 4. The standard InChI is InChI=1S/C13H17N5O/c1-8-5-9(7-14-6-8)15-11(19)10-16-12(18-17-10)13(2,3)4/h5-7H,1-4H3,(H,15,19)(H,16,17,18). The summed E-state index contributed by atoms with van der Waals surface area (Å²) in [6.07, 6.45) is 3.31. The lowest BCUT2D eigenvalue weighted by molar-refractivity contribution is 0.101. The fourth-order valence-corrected chi connectivity index (χ4v) is 1.51.